The molecule has 1 unspecified atom stereocenters. The van der Waals surface area contributed by atoms with Crippen molar-refractivity contribution in [2.24, 2.45) is 5.73 Å². The number of fused-ring (bicyclic) bond motifs is 1. The molecule has 1 aromatic rings. The molecule has 3 N–H and O–H groups in total. The molecule has 1 aromatic carbocycles. The van der Waals surface area contributed by atoms with Gasteiger partial charge in [0.05, 0.1) is 12.2 Å². The first-order valence-corrected chi connectivity index (χ1v) is 7.75. The average molecular weight is 293 g/mol. The monoisotopic (exact) mass is 293 g/mol. The van der Waals surface area contributed by atoms with Crippen LogP contribution < -0.4 is 15.2 Å². The molecule has 2 rings (SSSR count). The normalized spacial score (nSPS) is 18.7. The molecule has 0 fully saturated rings. The van der Waals surface area contributed by atoms with Crippen molar-refractivity contribution in [3.63, 3.8) is 0 Å². The zero-order valence-electron chi connectivity index (χ0n) is 13.3. The Bertz CT molecular complexity index is 481. The fraction of sp³-hybridized carbons (Fsp3) is 0.647. The predicted octanol–water partition coefficient (Wildman–Crippen LogP) is 2.66. The Morgan fingerprint density at radius 3 is 2.86 bits per heavy atom. The van der Waals surface area contributed by atoms with E-state index in [1.165, 1.54) is 5.56 Å². The van der Waals surface area contributed by atoms with E-state index >= 15 is 0 Å². The van der Waals surface area contributed by atoms with Gasteiger partial charge in [0.1, 0.15) is 5.60 Å². The number of benzene rings is 1. The summed E-state index contributed by atoms with van der Waals surface area (Å²) in [6, 6.07) is 6.03. The van der Waals surface area contributed by atoms with Crippen molar-refractivity contribution in [2.75, 3.05) is 13.2 Å². The first kappa shape index (κ1) is 16.1. The Labute approximate surface area is 127 Å². The standard InChI is InChI=1S/C17H27NO3/c1-4-17(19,12-18)9-6-10-20-14-8-5-7-13-11-16(2,3)21-15(13)14/h5,7-8,19H,4,6,9-12,18H2,1-3H3. The molecule has 0 radical (unpaired) electrons. The first-order chi connectivity index (χ1) is 9.89. The van der Waals surface area contributed by atoms with Crippen molar-refractivity contribution >= 4 is 0 Å². The van der Waals surface area contributed by atoms with E-state index in [-0.39, 0.29) is 5.60 Å². The van der Waals surface area contributed by atoms with E-state index < -0.39 is 5.60 Å². The van der Waals surface area contributed by atoms with Gasteiger partial charge in [0.25, 0.3) is 0 Å². The van der Waals surface area contributed by atoms with Crippen LogP contribution in [-0.4, -0.2) is 29.5 Å². The van der Waals surface area contributed by atoms with Gasteiger partial charge in [0.15, 0.2) is 11.5 Å². The molecule has 4 heteroatoms. The van der Waals surface area contributed by atoms with E-state index in [1.807, 2.05) is 19.1 Å². The third kappa shape index (κ3) is 3.89. The summed E-state index contributed by atoms with van der Waals surface area (Å²) in [7, 11) is 0. The highest BCUT2D eigenvalue weighted by atomic mass is 16.5. The van der Waals surface area contributed by atoms with Crippen LogP contribution in [0.2, 0.25) is 0 Å². The van der Waals surface area contributed by atoms with Gasteiger partial charge >= 0.3 is 0 Å². The SMILES string of the molecule is CCC(O)(CN)CCCOc1cccc2c1OC(C)(C)C2. The lowest BCUT2D eigenvalue weighted by Gasteiger charge is -2.24. The van der Waals surface area contributed by atoms with E-state index in [4.69, 9.17) is 15.2 Å². The van der Waals surface area contributed by atoms with Gasteiger partial charge in [-0.2, -0.15) is 0 Å². The van der Waals surface area contributed by atoms with Crippen LogP contribution in [0, 0.1) is 0 Å². The number of rotatable bonds is 7. The maximum absolute atomic E-state index is 10.1. The largest absolute Gasteiger partial charge is 0.490 e. The second kappa shape index (κ2) is 6.24. The summed E-state index contributed by atoms with van der Waals surface area (Å²) < 4.78 is 11.8. The van der Waals surface area contributed by atoms with E-state index in [0.717, 1.165) is 24.3 Å². The Morgan fingerprint density at radius 1 is 1.43 bits per heavy atom. The Balaban J connectivity index is 1.90. The number of aliphatic hydroxyl groups is 1. The van der Waals surface area contributed by atoms with E-state index in [0.29, 0.717) is 26.0 Å². The molecule has 0 aliphatic carbocycles. The van der Waals surface area contributed by atoms with Gasteiger partial charge in [0, 0.05) is 18.5 Å². The van der Waals surface area contributed by atoms with Crippen molar-refractivity contribution in [1.29, 1.82) is 0 Å². The summed E-state index contributed by atoms with van der Waals surface area (Å²) in [6.45, 7) is 6.97. The van der Waals surface area contributed by atoms with Crippen LogP contribution >= 0.6 is 0 Å². The summed E-state index contributed by atoms with van der Waals surface area (Å²) in [5.74, 6) is 1.66. The van der Waals surface area contributed by atoms with Crippen LogP contribution in [0.4, 0.5) is 0 Å². The van der Waals surface area contributed by atoms with Gasteiger partial charge in [-0.05, 0) is 39.2 Å². The second-order valence-corrected chi connectivity index (χ2v) is 6.52. The topological polar surface area (TPSA) is 64.7 Å². The highest BCUT2D eigenvalue weighted by Gasteiger charge is 2.32. The Morgan fingerprint density at radius 2 is 2.19 bits per heavy atom. The molecule has 0 amide bonds. The fourth-order valence-electron chi connectivity index (χ4n) is 2.71. The third-order valence-corrected chi connectivity index (χ3v) is 4.14. The molecule has 1 aliphatic rings. The summed E-state index contributed by atoms with van der Waals surface area (Å²) in [6.07, 6.45) is 3.00. The van der Waals surface area contributed by atoms with Crippen LogP contribution in [0.15, 0.2) is 18.2 Å². The molecule has 21 heavy (non-hydrogen) atoms. The number of hydrogen-bond donors (Lipinski definition) is 2. The van der Waals surface area contributed by atoms with Crippen LogP contribution in [0.3, 0.4) is 0 Å². The van der Waals surface area contributed by atoms with Gasteiger partial charge in [-0.15, -0.1) is 0 Å². The molecule has 1 atom stereocenters. The van der Waals surface area contributed by atoms with E-state index in [2.05, 4.69) is 19.9 Å². The maximum atomic E-state index is 10.1. The number of nitrogens with two attached hydrogens (primary N) is 1. The minimum atomic E-state index is -0.763. The van der Waals surface area contributed by atoms with E-state index in [1.54, 1.807) is 0 Å². The summed E-state index contributed by atoms with van der Waals surface area (Å²) in [5, 5.41) is 10.1. The molecule has 0 spiro atoms. The predicted molar refractivity (Wildman–Crippen MR) is 83.9 cm³/mol. The first-order valence-electron chi connectivity index (χ1n) is 7.75. The Kier molecular flexibility index (Phi) is 4.79. The van der Waals surface area contributed by atoms with Gasteiger partial charge in [-0.3, -0.25) is 0 Å². The summed E-state index contributed by atoms with van der Waals surface area (Å²) in [4.78, 5) is 0. The number of hydrogen-bond acceptors (Lipinski definition) is 4. The molecule has 4 nitrogen and oxygen atoms in total. The van der Waals surface area contributed by atoms with Crippen molar-refractivity contribution in [1.82, 2.24) is 0 Å². The second-order valence-electron chi connectivity index (χ2n) is 6.52. The lowest BCUT2D eigenvalue weighted by atomic mass is 9.95. The summed E-state index contributed by atoms with van der Waals surface area (Å²) >= 11 is 0. The zero-order valence-corrected chi connectivity index (χ0v) is 13.3. The fourth-order valence-corrected chi connectivity index (χ4v) is 2.71. The van der Waals surface area contributed by atoms with Crippen molar-refractivity contribution in [3.05, 3.63) is 23.8 Å². The minimum Gasteiger partial charge on any atom is -0.490 e. The highest BCUT2D eigenvalue weighted by Crippen LogP contribution is 2.41. The molecule has 0 saturated carbocycles. The molecular formula is C17H27NO3. The minimum absolute atomic E-state index is 0.163. The van der Waals surface area contributed by atoms with E-state index in [9.17, 15) is 5.11 Å². The molecule has 0 aromatic heterocycles. The lowest BCUT2D eigenvalue weighted by molar-refractivity contribution is 0.0307. The number of ether oxygens (including phenoxy) is 2. The number of para-hydroxylation sites is 1. The summed E-state index contributed by atoms with van der Waals surface area (Å²) in [5.41, 5.74) is 5.88. The molecule has 0 saturated heterocycles. The van der Waals surface area contributed by atoms with Crippen molar-refractivity contribution < 1.29 is 14.6 Å². The van der Waals surface area contributed by atoms with Crippen molar-refractivity contribution in [3.8, 4) is 11.5 Å². The average Bonchev–Trinajstić information content (AvgIpc) is 2.78. The third-order valence-electron chi connectivity index (χ3n) is 4.14. The zero-order chi connectivity index (χ0) is 15.5. The van der Waals surface area contributed by atoms with Crippen LogP contribution in [0.1, 0.15) is 45.6 Å². The van der Waals surface area contributed by atoms with Gasteiger partial charge in [0.2, 0.25) is 0 Å². The smallest absolute Gasteiger partial charge is 0.165 e. The highest BCUT2D eigenvalue weighted by molar-refractivity contribution is 5.50. The molecule has 1 heterocycles. The van der Waals surface area contributed by atoms with Gasteiger partial charge < -0.3 is 20.3 Å². The van der Waals surface area contributed by atoms with Crippen molar-refractivity contribution in [2.45, 2.75) is 57.7 Å². The Hall–Kier alpha value is -1.26. The van der Waals surface area contributed by atoms with Crippen LogP contribution in [0.25, 0.3) is 0 Å². The quantitative estimate of drug-likeness (QED) is 0.759. The molecular weight excluding hydrogens is 266 g/mol. The molecule has 0 bridgehead atoms. The van der Waals surface area contributed by atoms with Gasteiger partial charge in [-0.25, -0.2) is 0 Å². The lowest BCUT2D eigenvalue weighted by Crippen LogP contribution is -2.37. The molecule has 1 aliphatic heterocycles. The maximum Gasteiger partial charge on any atom is 0.165 e. The van der Waals surface area contributed by atoms with Crippen LogP contribution in [-0.2, 0) is 6.42 Å². The molecule has 118 valence electrons. The van der Waals surface area contributed by atoms with Gasteiger partial charge in [-0.1, -0.05) is 19.1 Å². The van der Waals surface area contributed by atoms with Crippen LogP contribution in [0.5, 0.6) is 11.5 Å².